The summed E-state index contributed by atoms with van der Waals surface area (Å²) < 4.78 is 31.2. The van der Waals surface area contributed by atoms with E-state index in [-0.39, 0.29) is 30.5 Å². The van der Waals surface area contributed by atoms with Gasteiger partial charge in [-0.3, -0.25) is 9.59 Å². The van der Waals surface area contributed by atoms with Gasteiger partial charge in [0.05, 0.1) is 18.6 Å². The van der Waals surface area contributed by atoms with Gasteiger partial charge in [0.25, 0.3) is 0 Å². The number of fused-ring (bicyclic) bond motifs is 5. The third-order valence-electron chi connectivity index (χ3n) is 10.4. The van der Waals surface area contributed by atoms with Gasteiger partial charge in [-0.25, -0.2) is 4.79 Å². The van der Waals surface area contributed by atoms with Gasteiger partial charge in [-0.2, -0.15) is 0 Å². The molecule has 5 aliphatic rings. The lowest BCUT2D eigenvalue weighted by Gasteiger charge is -2.67. The Labute approximate surface area is 220 Å². The van der Waals surface area contributed by atoms with Crippen molar-refractivity contribution in [2.45, 2.75) is 110 Å². The summed E-state index contributed by atoms with van der Waals surface area (Å²) >= 11 is 0. The van der Waals surface area contributed by atoms with Crippen LogP contribution in [0.2, 0.25) is 19.6 Å². The highest BCUT2D eigenvalue weighted by Crippen LogP contribution is 2.68. The molecule has 9 atom stereocenters. The molecule has 5 rings (SSSR count). The van der Waals surface area contributed by atoms with Crippen LogP contribution in [0.15, 0.2) is 11.1 Å². The molecule has 1 unspecified atom stereocenters. The first kappa shape index (κ1) is 26.9. The van der Waals surface area contributed by atoms with Crippen LogP contribution in [0.5, 0.6) is 0 Å². The third kappa shape index (κ3) is 3.35. The van der Waals surface area contributed by atoms with Crippen LogP contribution in [-0.4, -0.2) is 62.3 Å². The molecule has 37 heavy (non-hydrogen) atoms. The van der Waals surface area contributed by atoms with Gasteiger partial charge in [0.15, 0.2) is 25.6 Å². The SMILES string of the molecule is CC(=O)O[C@@]12CO[C@@H]1C[C@H](C)[C@@]1(C)C(=O)[C@H](C)C3=C(C)[C@@H](O[Si](C)(C)C)C[C@]4(OC(=O)O[C@H]4C12)C3(C)C. The van der Waals surface area contributed by atoms with Crippen LogP contribution >= 0.6 is 0 Å². The maximum absolute atomic E-state index is 14.7. The minimum Gasteiger partial charge on any atom is -0.454 e. The van der Waals surface area contributed by atoms with Gasteiger partial charge < -0.3 is 23.4 Å². The Morgan fingerprint density at radius 3 is 2.30 bits per heavy atom. The number of carbonyl (C=O) groups excluding carboxylic acids is 3. The number of Topliss-reactive ketones (excluding diaryl/α,β-unsaturated/α-hetero) is 1. The first-order chi connectivity index (χ1) is 16.9. The van der Waals surface area contributed by atoms with Crippen LogP contribution in [0.3, 0.4) is 0 Å². The number of ketones is 1. The van der Waals surface area contributed by atoms with Crippen molar-refractivity contribution < 1.29 is 37.8 Å². The van der Waals surface area contributed by atoms with Crippen LogP contribution in [-0.2, 0) is 33.0 Å². The number of ether oxygens (including phenoxy) is 4. The number of rotatable bonds is 3. The van der Waals surface area contributed by atoms with Gasteiger partial charge in [0.2, 0.25) is 0 Å². The van der Waals surface area contributed by atoms with Crippen molar-refractivity contribution in [1.29, 1.82) is 0 Å². The van der Waals surface area contributed by atoms with Gasteiger partial charge in [-0.1, -0.05) is 34.6 Å². The molecule has 4 fully saturated rings. The molecule has 0 N–H and O–H groups in total. The molecule has 2 heterocycles. The summed E-state index contributed by atoms with van der Waals surface area (Å²) in [6.07, 6.45) is -1.26. The van der Waals surface area contributed by atoms with Crippen LogP contribution in [0.25, 0.3) is 0 Å². The molecule has 8 nitrogen and oxygen atoms in total. The maximum atomic E-state index is 14.7. The maximum Gasteiger partial charge on any atom is 0.509 e. The van der Waals surface area contributed by atoms with Gasteiger partial charge in [-0.15, -0.1) is 0 Å². The molecule has 1 spiro atoms. The Morgan fingerprint density at radius 1 is 1.11 bits per heavy atom. The summed E-state index contributed by atoms with van der Waals surface area (Å²) in [4.78, 5) is 40.3. The zero-order chi connectivity index (χ0) is 27.5. The monoisotopic (exact) mass is 534 g/mol. The molecule has 3 aliphatic carbocycles. The fraction of sp³-hybridized carbons (Fsp3) is 0.821. The highest BCUT2D eigenvalue weighted by Gasteiger charge is 2.79. The number of hydrogen-bond donors (Lipinski definition) is 0. The Bertz CT molecular complexity index is 1090. The van der Waals surface area contributed by atoms with Gasteiger partial charge in [-0.05, 0) is 50.0 Å². The average molecular weight is 535 g/mol. The van der Waals surface area contributed by atoms with E-state index in [1.165, 1.54) is 6.92 Å². The summed E-state index contributed by atoms with van der Waals surface area (Å²) in [5.41, 5.74) is -1.82. The third-order valence-corrected chi connectivity index (χ3v) is 11.4. The summed E-state index contributed by atoms with van der Waals surface area (Å²) in [5, 5.41) is 0. The van der Waals surface area contributed by atoms with Crippen LogP contribution in [0, 0.1) is 28.6 Å². The normalized spacial score (nSPS) is 46.3. The molecule has 2 saturated carbocycles. The fourth-order valence-electron chi connectivity index (χ4n) is 8.72. The van der Waals surface area contributed by atoms with E-state index in [1.54, 1.807) is 0 Å². The lowest BCUT2D eigenvalue weighted by molar-refractivity contribution is -0.330. The minimum absolute atomic E-state index is 0.0782. The number of hydrogen-bond acceptors (Lipinski definition) is 8. The predicted molar refractivity (Wildman–Crippen MR) is 137 cm³/mol. The lowest BCUT2D eigenvalue weighted by atomic mass is 9.42. The molecule has 2 saturated heterocycles. The largest absolute Gasteiger partial charge is 0.509 e. The average Bonchev–Trinajstić information content (AvgIpc) is 3.07. The smallest absolute Gasteiger partial charge is 0.454 e. The summed E-state index contributed by atoms with van der Waals surface area (Å²) in [5.74, 6) is -1.52. The molecular weight excluding hydrogens is 492 g/mol. The molecule has 206 valence electrons. The van der Waals surface area contributed by atoms with E-state index in [2.05, 4.69) is 47.3 Å². The van der Waals surface area contributed by atoms with E-state index < -0.39 is 60.4 Å². The van der Waals surface area contributed by atoms with Crippen molar-refractivity contribution in [3.05, 3.63) is 11.1 Å². The highest BCUT2D eigenvalue weighted by atomic mass is 28.4. The standard InChI is InChI=1S/C28H42O8Si/c1-14-11-19-27(13-32-19,34-17(4)29)21-23-28(35-24(31)33-23)12-18(36-37(8,9)10)15(2)20(25(28,5)6)16(3)22(30)26(14,21)7/h14,16,18-19,21,23H,11-13H2,1-10H3/t14-,16+,18-,19+,21?,23-,26+,27-,28+/m0/s1. The second-order valence-corrected chi connectivity index (χ2v) is 18.2. The quantitative estimate of drug-likeness (QED) is 0.289. The topological polar surface area (TPSA) is 97.4 Å². The van der Waals surface area contributed by atoms with E-state index in [1.807, 2.05) is 13.8 Å². The highest BCUT2D eigenvalue weighted by molar-refractivity contribution is 6.69. The van der Waals surface area contributed by atoms with E-state index in [4.69, 9.17) is 23.4 Å². The zero-order valence-electron chi connectivity index (χ0n) is 23.9. The van der Waals surface area contributed by atoms with E-state index >= 15 is 0 Å². The Balaban J connectivity index is 1.81. The number of carbonyl (C=O) groups is 3. The van der Waals surface area contributed by atoms with Crippen molar-refractivity contribution in [2.75, 3.05) is 6.61 Å². The fourth-order valence-corrected chi connectivity index (χ4v) is 9.83. The van der Waals surface area contributed by atoms with Crippen molar-refractivity contribution in [2.24, 2.45) is 28.6 Å². The molecule has 9 heteroatoms. The Kier molecular flexibility index (Phi) is 5.75. The van der Waals surface area contributed by atoms with E-state index in [9.17, 15) is 14.4 Å². The summed E-state index contributed by atoms with van der Waals surface area (Å²) in [7, 11) is -2.01. The van der Waals surface area contributed by atoms with Crippen LogP contribution < -0.4 is 0 Å². The minimum atomic E-state index is -2.01. The molecule has 0 aromatic heterocycles. The second-order valence-electron chi connectivity index (χ2n) is 13.8. The second kappa shape index (κ2) is 7.91. The van der Waals surface area contributed by atoms with E-state index in [0.717, 1.165) is 11.1 Å². The predicted octanol–water partition coefficient (Wildman–Crippen LogP) is 4.81. The Morgan fingerprint density at radius 2 is 1.76 bits per heavy atom. The molecule has 0 aromatic rings. The van der Waals surface area contributed by atoms with Crippen molar-refractivity contribution >= 4 is 26.2 Å². The van der Waals surface area contributed by atoms with E-state index in [0.29, 0.717) is 12.8 Å². The van der Waals surface area contributed by atoms with Gasteiger partial charge >= 0.3 is 12.1 Å². The first-order valence-electron chi connectivity index (χ1n) is 13.6. The molecule has 0 aromatic carbocycles. The molecule has 2 bridgehead atoms. The van der Waals surface area contributed by atoms with Gasteiger partial charge in [0.1, 0.15) is 11.9 Å². The lowest BCUT2D eigenvalue weighted by Crippen LogP contribution is -2.79. The van der Waals surface area contributed by atoms with Crippen molar-refractivity contribution in [3.63, 3.8) is 0 Å². The Hall–Kier alpha value is -1.71. The van der Waals surface area contributed by atoms with Crippen molar-refractivity contribution in [1.82, 2.24) is 0 Å². The molecular formula is C28H42O8Si. The summed E-state index contributed by atoms with van der Waals surface area (Å²) in [6.45, 7) is 20.1. The van der Waals surface area contributed by atoms with Crippen LogP contribution in [0.4, 0.5) is 4.79 Å². The van der Waals surface area contributed by atoms with Crippen molar-refractivity contribution in [3.8, 4) is 0 Å². The number of esters is 1. The molecule has 2 aliphatic heterocycles. The summed E-state index contributed by atoms with van der Waals surface area (Å²) in [6, 6.07) is 0. The zero-order valence-corrected chi connectivity index (χ0v) is 24.9. The molecule has 0 amide bonds. The van der Waals surface area contributed by atoms with Crippen LogP contribution in [0.1, 0.15) is 61.3 Å². The molecule has 0 radical (unpaired) electrons. The van der Waals surface area contributed by atoms with Gasteiger partial charge in [0, 0.05) is 30.1 Å². The first-order valence-corrected chi connectivity index (χ1v) is 17.0.